The fraction of sp³-hybridized carbons (Fsp3) is 0.595. The van der Waals surface area contributed by atoms with Gasteiger partial charge in [-0.3, -0.25) is 14.4 Å². The second kappa shape index (κ2) is 13.5. The summed E-state index contributed by atoms with van der Waals surface area (Å²) in [7, 11) is -0.527. The fourth-order valence-corrected chi connectivity index (χ4v) is 8.48. The van der Waals surface area contributed by atoms with Crippen LogP contribution < -0.4 is 16.0 Å². The van der Waals surface area contributed by atoms with Crippen molar-refractivity contribution in [3.05, 3.63) is 71.8 Å². The molecule has 4 aliphatic carbocycles. The highest BCUT2D eigenvalue weighted by molar-refractivity contribution is 6.48. The maximum absolute atomic E-state index is 14.2. The average molecular weight is 628 g/mol. The molecule has 3 amide bonds. The van der Waals surface area contributed by atoms with Crippen LogP contribution in [0.3, 0.4) is 0 Å². The molecule has 1 aliphatic heterocycles. The molecule has 0 unspecified atom stereocenters. The first-order valence-electron chi connectivity index (χ1n) is 17.3. The van der Waals surface area contributed by atoms with Crippen LogP contribution in [0.25, 0.3) is 0 Å². The van der Waals surface area contributed by atoms with Gasteiger partial charge in [-0.25, -0.2) is 0 Å². The Hall–Kier alpha value is -3.17. The van der Waals surface area contributed by atoms with Crippen LogP contribution in [0.5, 0.6) is 0 Å². The van der Waals surface area contributed by atoms with Gasteiger partial charge < -0.3 is 25.3 Å². The van der Waals surface area contributed by atoms with Crippen molar-refractivity contribution in [2.24, 2.45) is 23.2 Å². The number of rotatable bonds is 13. The minimum atomic E-state index is -0.835. The lowest BCUT2D eigenvalue weighted by Gasteiger charge is -2.64. The third-order valence-corrected chi connectivity index (χ3v) is 11.6. The van der Waals surface area contributed by atoms with E-state index in [1.165, 1.54) is 19.8 Å². The summed E-state index contributed by atoms with van der Waals surface area (Å²) in [5.41, 5.74) is 1.88. The van der Waals surface area contributed by atoms with Crippen molar-refractivity contribution in [2.75, 3.05) is 0 Å². The van der Waals surface area contributed by atoms with E-state index in [0.717, 1.165) is 36.8 Å². The lowest BCUT2D eigenvalue weighted by molar-refractivity contribution is -0.199. The molecule has 4 saturated carbocycles. The molecule has 1 heterocycles. The molecule has 246 valence electrons. The summed E-state index contributed by atoms with van der Waals surface area (Å²) in [4.78, 5) is 40.1. The van der Waals surface area contributed by atoms with Crippen molar-refractivity contribution < 1.29 is 23.7 Å². The van der Waals surface area contributed by atoms with Crippen LogP contribution in [-0.2, 0) is 36.5 Å². The van der Waals surface area contributed by atoms with Crippen LogP contribution in [0, 0.1) is 23.2 Å². The molecule has 1 saturated heterocycles. The van der Waals surface area contributed by atoms with E-state index < -0.39 is 19.2 Å². The number of nitrogens with one attached hydrogen (secondary N) is 3. The first-order valence-corrected chi connectivity index (χ1v) is 17.3. The van der Waals surface area contributed by atoms with E-state index in [0.29, 0.717) is 37.0 Å². The molecular weight excluding hydrogens is 577 g/mol. The van der Waals surface area contributed by atoms with E-state index in [2.05, 4.69) is 36.7 Å². The summed E-state index contributed by atoms with van der Waals surface area (Å²) >= 11 is 0. The van der Waals surface area contributed by atoms with Gasteiger partial charge >= 0.3 is 7.12 Å². The van der Waals surface area contributed by atoms with Gasteiger partial charge in [-0.1, -0.05) is 93.8 Å². The van der Waals surface area contributed by atoms with Crippen LogP contribution in [0.15, 0.2) is 60.7 Å². The van der Waals surface area contributed by atoms with Gasteiger partial charge in [-0.05, 0) is 73.3 Å². The minimum absolute atomic E-state index is 0.0258. The van der Waals surface area contributed by atoms with Gasteiger partial charge in [0.25, 0.3) is 0 Å². The SMILES string of the molecule is CC(=O)N[C@@H](CCc1ccccc1)C(=O)N[C@@H](Cc1ccccc1)C(=O)N[C@@H](CC1CCC1)B1O[C@@H]2C[C@H]3C[C@H](C3(C)C)[C@]2(C)O1. The summed E-state index contributed by atoms with van der Waals surface area (Å²) in [6.45, 7) is 8.31. The standard InChI is InChI=1S/C37H50BN3O5/c1-24(42)39-29(19-18-25-12-7-5-8-13-25)34(43)40-30(20-26-14-9-6-10-15-26)35(44)41-33(21-27-16-11-17-27)38-45-32-23-28-22-31(36(28,2)3)37(32,4)46-38/h5-10,12-15,27-33H,11,16-23H2,1-4H3,(H,39,42)(H,40,43)(H,41,44)/t28-,29+,30+,31-,32-,33+,37+/m1/s1. The van der Waals surface area contributed by atoms with E-state index in [9.17, 15) is 14.4 Å². The zero-order chi connectivity index (χ0) is 32.5. The Balaban J connectivity index is 1.19. The number of benzene rings is 2. The van der Waals surface area contributed by atoms with Gasteiger partial charge in [-0.15, -0.1) is 0 Å². The van der Waals surface area contributed by atoms with Crippen LogP contribution >= 0.6 is 0 Å². The molecule has 0 aromatic heterocycles. The minimum Gasteiger partial charge on any atom is -0.404 e. The third-order valence-electron chi connectivity index (χ3n) is 11.6. The summed E-state index contributed by atoms with van der Waals surface area (Å²) < 4.78 is 13.5. The quantitative estimate of drug-likeness (QED) is 0.277. The summed E-state index contributed by atoms with van der Waals surface area (Å²) in [5.74, 6) is 0.350. The van der Waals surface area contributed by atoms with Crippen molar-refractivity contribution >= 4 is 24.8 Å². The van der Waals surface area contributed by atoms with Crippen molar-refractivity contribution in [2.45, 2.75) is 115 Å². The molecule has 5 fully saturated rings. The van der Waals surface area contributed by atoms with Crippen molar-refractivity contribution in [3.63, 3.8) is 0 Å². The smallest absolute Gasteiger partial charge is 0.404 e. The van der Waals surface area contributed by atoms with E-state index >= 15 is 0 Å². The molecule has 7 atom stereocenters. The monoisotopic (exact) mass is 627 g/mol. The second-order valence-electron chi connectivity index (χ2n) is 15.0. The van der Waals surface area contributed by atoms with Crippen molar-refractivity contribution in [3.8, 4) is 0 Å². The lowest BCUT2D eigenvalue weighted by Crippen LogP contribution is -2.65. The third kappa shape index (κ3) is 6.91. The van der Waals surface area contributed by atoms with E-state index in [4.69, 9.17) is 9.31 Å². The van der Waals surface area contributed by atoms with Crippen molar-refractivity contribution in [1.82, 2.24) is 16.0 Å². The normalized spacial score (nSPS) is 28.1. The second-order valence-corrected chi connectivity index (χ2v) is 15.0. The van der Waals surface area contributed by atoms with Crippen LogP contribution in [0.4, 0.5) is 0 Å². The number of hydrogen-bond acceptors (Lipinski definition) is 5. The molecular formula is C37H50BN3O5. The fourth-order valence-electron chi connectivity index (χ4n) is 8.48. The Labute approximate surface area is 274 Å². The molecule has 2 bridgehead atoms. The predicted molar refractivity (Wildman–Crippen MR) is 178 cm³/mol. The highest BCUT2D eigenvalue weighted by Crippen LogP contribution is 2.65. The summed E-state index contributed by atoms with van der Waals surface area (Å²) in [5, 5.41) is 9.13. The molecule has 2 aromatic rings. The van der Waals surface area contributed by atoms with Crippen LogP contribution in [-0.4, -0.2) is 54.6 Å². The number of amides is 3. The highest BCUT2D eigenvalue weighted by atomic mass is 16.7. The summed E-state index contributed by atoms with van der Waals surface area (Å²) in [6.07, 6.45) is 7.81. The number of hydrogen-bond donors (Lipinski definition) is 3. The molecule has 8 nitrogen and oxygen atoms in total. The Morgan fingerprint density at radius 3 is 2.13 bits per heavy atom. The topological polar surface area (TPSA) is 106 Å². The van der Waals surface area contributed by atoms with Gasteiger partial charge in [0.1, 0.15) is 12.1 Å². The van der Waals surface area contributed by atoms with Crippen LogP contribution in [0.2, 0.25) is 0 Å². The van der Waals surface area contributed by atoms with Gasteiger partial charge in [0.15, 0.2) is 0 Å². The van der Waals surface area contributed by atoms with Gasteiger partial charge in [0, 0.05) is 13.3 Å². The van der Waals surface area contributed by atoms with Gasteiger partial charge in [-0.2, -0.15) is 0 Å². The molecule has 5 aliphatic rings. The Kier molecular flexibility index (Phi) is 9.63. The Morgan fingerprint density at radius 1 is 0.870 bits per heavy atom. The number of carbonyl (C=O) groups is 3. The molecule has 3 N–H and O–H groups in total. The largest absolute Gasteiger partial charge is 0.481 e. The molecule has 0 radical (unpaired) electrons. The van der Waals surface area contributed by atoms with E-state index in [1.807, 2.05) is 60.7 Å². The zero-order valence-electron chi connectivity index (χ0n) is 27.8. The molecule has 0 spiro atoms. The molecule has 2 aromatic carbocycles. The summed E-state index contributed by atoms with van der Waals surface area (Å²) in [6, 6.07) is 18.0. The first kappa shape index (κ1) is 32.8. The van der Waals surface area contributed by atoms with E-state index in [-0.39, 0.29) is 40.8 Å². The first-order chi connectivity index (χ1) is 22.0. The van der Waals surface area contributed by atoms with Gasteiger partial charge in [0.2, 0.25) is 17.7 Å². The average Bonchev–Trinajstić information content (AvgIpc) is 3.38. The maximum atomic E-state index is 14.2. The number of aryl methyl sites for hydroxylation is 1. The molecule has 46 heavy (non-hydrogen) atoms. The van der Waals surface area contributed by atoms with Crippen molar-refractivity contribution in [1.29, 1.82) is 0 Å². The van der Waals surface area contributed by atoms with E-state index in [1.54, 1.807) is 0 Å². The zero-order valence-corrected chi connectivity index (χ0v) is 27.8. The number of carbonyl (C=O) groups excluding carboxylic acids is 3. The maximum Gasteiger partial charge on any atom is 0.481 e. The Morgan fingerprint density at radius 2 is 1.52 bits per heavy atom. The molecule has 9 heteroatoms. The van der Waals surface area contributed by atoms with Gasteiger partial charge in [0.05, 0.1) is 17.6 Å². The lowest BCUT2D eigenvalue weighted by atomic mass is 9.43. The predicted octanol–water partition coefficient (Wildman–Crippen LogP) is 4.79. The van der Waals surface area contributed by atoms with Crippen LogP contribution in [0.1, 0.15) is 83.8 Å². The Bertz CT molecular complexity index is 1390. The highest BCUT2D eigenvalue weighted by Gasteiger charge is 2.68. The molecule has 7 rings (SSSR count).